The van der Waals surface area contributed by atoms with Gasteiger partial charge in [0.2, 0.25) is 0 Å². The minimum Gasteiger partial charge on any atom is -0.289 e. The SMILES string of the molecule is C=CCN(O)C=C. The molecule has 0 aliphatic rings. The molecule has 0 spiro atoms. The van der Waals surface area contributed by atoms with Crippen LogP contribution in [0.5, 0.6) is 0 Å². The lowest BCUT2D eigenvalue weighted by atomic mass is 10.6. The highest BCUT2D eigenvalue weighted by Gasteiger charge is 1.79. The summed E-state index contributed by atoms with van der Waals surface area (Å²) in [6.07, 6.45) is 2.91. The molecule has 0 bridgehead atoms. The Morgan fingerprint density at radius 3 is 2.29 bits per heavy atom. The Balaban J connectivity index is 3.15. The summed E-state index contributed by atoms with van der Waals surface area (Å²) in [4.78, 5) is 0. The Morgan fingerprint density at radius 1 is 1.57 bits per heavy atom. The molecule has 0 heterocycles. The van der Waals surface area contributed by atoms with Crippen LogP contribution in [-0.4, -0.2) is 16.8 Å². The van der Waals surface area contributed by atoms with E-state index in [1.165, 1.54) is 6.20 Å². The van der Waals surface area contributed by atoms with Crippen LogP contribution in [0.25, 0.3) is 0 Å². The molecule has 0 atom stereocenters. The maximum absolute atomic E-state index is 8.50. The summed E-state index contributed by atoms with van der Waals surface area (Å²) in [6.45, 7) is 7.14. The zero-order valence-electron chi connectivity index (χ0n) is 4.17. The van der Waals surface area contributed by atoms with Crippen molar-refractivity contribution in [3.63, 3.8) is 0 Å². The third-order valence-corrected chi connectivity index (χ3v) is 0.527. The van der Waals surface area contributed by atoms with Gasteiger partial charge in [-0.1, -0.05) is 12.7 Å². The quantitative estimate of drug-likeness (QED) is 0.421. The second-order valence-corrected chi connectivity index (χ2v) is 1.09. The zero-order chi connectivity index (χ0) is 5.70. The van der Waals surface area contributed by atoms with E-state index in [1.807, 2.05) is 0 Å². The highest BCUT2D eigenvalue weighted by molar-refractivity contribution is 4.73. The molecule has 2 nitrogen and oxygen atoms in total. The third kappa shape index (κ3) is 3.06. The van der Waals surface area contributed by atoms with Crippen LogP contribution in [0.4, 0.5) is 0 Å². The molecule has 0 fully saturated rings. The first-order valence-electron chi connectivity index (χ1n) is 2.00. The molecule has 0 aromatic heterocycles. The number of hydrogen-bond acceptors (Lipinski definition) is 2. The Bertz CT molecular complexity index is 70.5. The molecule has 0 aliphatic carbocycles. The second-order valence-electron chi connectivity index (χ2n) is 1.09. The van der Waals surface area contributed by atoms with Crippen LogP contribution in [0, 0.1) is 0 Å². The van der Waals surface area contributed by atoms with E-state index in [0.717, 1.165) is 5.06 Å². The van der Waals surface area contributed by atoms with Gasteiger partial charge in [-0.05, 0) is 0 Å². The highest BCUT2D eigenvalue weighted by atomic mass is 16.5. The summed E-state index contributed by atoms with van der Waals surface area (Å²) in [5.74, 6) is 0. The minimum atomic E-state index is 0.434. The first-order chi connectivity index (χ1) is 3.31. The molecule has 0 aromatic rings. The molecule has 0 saturated carbocycles. The van der Waals surface area contributed by atoms with Gasteiger partial charge in [0, 0.05) is 6.20 Å². The van der Waals surface area contributed by atoms with E-state index < -0.39 is 0 Å². The second kappa shape index (κ2) is 3.43. The lowest BCUT2D eigenvalue weighted by molar-refractivity contribution is -0.0286. The number of hydrogen-bond donors (Lipinski definition) is 1. The van der Waals surface area contributed by atoms with E-state index >= 15 is 0 Å². The molecule has 0 saturated heterocycles. The average molecular weight is 99.1 g/mol. The molecule has 1 N–H and O–H groups in total. The van der Waals surface area contributed by atoms with Gasteiger partial charge in [-0.25, -0.2) is 0 Å². The molecular formula is C5H9NO. The Morgan fingerprint density at radius 2 is 2.14 bits per heavy atom. The van der Waals surface area contributed by atoms with Gasteiger partial charge in [0.15, 0.2) is 0 Å². The van der Waals surface area contributed by atoms with Crippen molar-refractivity contribution >= 4 is 0 Å². The van der Waals surface area contributed by atoms with Crippen molar-refractivity contribution in [1.82, 2.24) is 5.06 Å². The molecular weight excluding hydrogens is 90.1 g/mol. The van der Waals surface area contributed by atoms with Gasteiger partial charge in [-0.15, -0.1) is 6.58 Å². The Hall–Kier alpha value is -0.760. The molecule has 7 heavy (non-hydrogen) atoms. The normalized spacial score (nSPS) is 7.57. The molecule has 0 aliphatic heterocycles. The summed E-state index contributed by atoms with van der Waals surface area (Å²) in [5.41, 5.74) is 0. The van der Waals surface area contributed by atoms with Gasteiger partial charge in [0.25, 0.3) is 0 Å². The van der Waals surface area contributed by atoms with Crippen LogP contribution in [0.3, 0.4) is 0 Å². The van der Waals surface area contributed by atoms with Gasteiger partial charge in [-0.2, -0.15) is 0 Å². The monoisotopic (exact) mass is 99.1 g/mol. The average Bonchev–Trinajstić information content (AvgIpc) is 1.68. The van der Waals surface area contributed by atoms with Crippen LogP contribution in [0.15, 0.2) is 25.4 Å². The van der Waals surface area contributed by atoms with E-state index in [-0.39, 0.29) is 0 Å². The zero-order valence-corrected chi connectivity index (χ0v) is 4.17. The minimum absolute atomic E-state index is 0.434. The fraction of sp³-hybridized carbons (Fsp3) is 0.200. The standard InChI is InChI=1S/C5H9NO/c1-3-5-6(7)4-2/h3-4,7H,1-2,5H2. The van der Waals surface area contributed by atoms with Gasteiger partial charge >= 0.3 is 0 Å². The number of rotatable bonds is 3. The van der Waals surface area contributed by atoms with Crippen LogP contribution < -0.4 is 0 Å². The van der Waals surface area contributed by atoms with Gasteiger partial charge in [0.1, 0.15) is 0 Å². The smallest absolute Gasteiger partial charge is 0.0624 e. The van der Waals surface area contributed by atoms with E-state index in [0.29, 0.717) is 6.54 Å². The van der Waals surface area contributed by atoms with E-state index in [9.17, 15) is 0 Å². The Kier molecular flexibility index (Phi) is 3.06. The fourth-order valence-electron chi connectivity index (χ4n) is 0.207. The maximum atomic E-state index is 8.50. The number of nitrogens with zero attached hydrogens (tertiary/aromatic N) is 1. The number of hydroxylamine groups is 2. The predicted molar refractivity (Wildman–Crippen MR) is 28.9 cm³/mol. The lowest BCUT2D eigenvalue weighted by Crippen LogP contribution is -2.09. The molecule has 0 amide bonds. The topological polar surface area (TPSA) is 23.5 Å². The first kappa shape index (κ1) is 6.24. The third-order valence-electron chi connectivity index (χ3n) is 0.527. The largest absolute Gasteiger partial charge is 0.289 e. The van der Waals surface area contributed by atoms with Crippen molar-refractivity contribution in [3.8, 4) is 0 Å². The molecule has 2 heteroatoms. The van der Waals surface area contributed by atoms with Crippen molar-refractivity contribution in [2.75, 3.05) is 6.54 Å². The van der Waals surface area contributed by atoms with Crippen molar-refractivity contribution in [2.24, 2.45) is 0 Å². The summed E-state index contributed by atoms with van der Waals surface area (Å²) in [7, 11) is 0. The van der Waals surface area contributed by atoms with Crippen molar-refractivity contribution in [1.29, 1.82) is 0 Å². The van der Waals surface area contributed by atoms with Crippen LogP contribution in [0.2, 0.25) is 0 Å². The summed E-state index contributed by atoms with van der Waals surface area (Å²) in [5, 5.41) is 9.45. The van der Waals surface area contributed by atoms with Gasteiger partial charge in [0.05, 0.1) is 6.54 Å². The highest BCUT2D eigenvalue weighted by Crippen LogP contribution is 1.77. The van der Waals surface area contributed by atoms with E-state index in [4.69, 9.17) is 5.21 Å². The van der Waals surface area contributed by atoms with Crippen molar-refractivity contribution < 1.29 is 5.21 Å². The maximum Gasteiger partial charge on any atom is 0.0624 e. The van der Waals surface area contributed by atoms with E-state index in [2.05, 4.69) is 13.2 Å². The molecule has 40 valence electrons. The van der Waals surface area contributed by atoms with Crippen LogP contribution in [0.1, 0.15) is 0 Å². The molecule has 0 unspecified atom stereocenters. The molecule has 0 rings (SSSR count). The van der Waals surface area contributed by atoms with E-state index in [1.54, 1.807) is 6.08 Å². The van der Waals surface area contributed by atoms with Gasteiger partial charge < -0.3 is 0 Å². The lowest BCUT2D eigenvalue weighted by Gasteiger charge is -2.04. The molecule has 0 radical (unpaired) electrons. The van der Waals surface area contributed by atoms with Crippen LogP contribution in [-0.2, 0) is 0 Å². The van der Waals surface area contributed by atoms with Crippen LogP contribution >= 0.6 is 0 Å². The summed E-state index contributed by atoms with van der Waals surface area (Å²) < 4.78 is 0. The first-order valence-corrected chi connectivity index (χ1v) is 2.00. The Labute approximate surface area is 43.3 Å². The van der Waals surface area contributed by atoms with Crippen molar-refractivity contribution in [2.45, 2.75) is 0 Å². The predicted octanol–water partition coefficient (Wildman–Crippen LogP) is 1.01. The summed E-state index contributed by atoms with van der Waals surface area (Å²) in [6, 6.07) is 0. The summed E-state index contributed by atoms with van der Waals surface area (Å²) >= 11 is 0. The fourth-order valence-corrected chi connectivity index (χ4v) is 0.207. The van der Waals surface area contributed by atoms with Crippen molar-refractivity contribution in [3.05, 3.63) is 25.4 Å². The molecule has 0 aromatic carbocycles. The van der Waals surface area contributed by atoms with Gasteiger partial charge in [-0.3, -0.25) is 10.3 Å².